The van der Waals surface area contributed by atoms with Gasteiger partial charge in [-0.2, -0.15) is 0 Å². The summed E-state index contributed by atoms with van der Waals surface area (Å²) in [7, 11) is 2.06. The minimum Gasteiger partial charge on any atom is -0.444 e. The second-order valence-electron chi connectivity index (χ2n) is 13.6. The van der Waals surface area contributed by atoms with E-state index in [1.807, 2.05) is 59.7 Å². The summed E-state index contributed by atoms with van der Waals surface area (Å²) in [6.45, 7) is 14.6. The van der Waals surface area contributed by atoms with Crippen LogP contribution in [0.25, 0.3) is 10.9 Å². The molecule has 2 amide bonds. The normalized spacial score (nSPS) is 18.0. The molecule has 2 saturated heterocycles. The smallest absolute Gasteiger partial charge is 0.419 e. The Morgan fingerprint density at radius 1 is 0.864 bits per heavy atom. The number of anilines is 2. The van der Waals surface area contributed by atoms with Gasteiger partial charge >= 0.3 is 12.2 Å². The first-order valence-corrected chi connectivity index (χ1v) is 15.3. The predicted octanol–water partition coefficient (Wildman–Crippen LogP) is 5.90. The van der Waals surface area contributed by atoms with Crippen LogP contribution in [0.1, 0.15) is 76.5 Å². The summed E-state index contributed by atoms with van der Waals surface area (Å²) < 4.78 is 12.9. The van der Waals surface area contributed by atoms with Gasteiger partial charge in [0, 0.05) is 60.8 Å². The molecule has 0 bridgehead atoms. The number of benzene rings is 1. The molecule has 2 aliphatic heterocycles. The maximum atomic E-state index is 13.4. The largest absolute Gasteiger partial charge is 0.444 e. The van der Waals surface area contributed by atoms with Crippen molar-refractivity contribution in [1.29, 1.82) is 0 Å². The van der Waals surface area contributed by atoms with Crippen molar-refractivity contribution in [3.05, 3.63) is 53.9 Å². The first-order valence-electron chi connectivity index (χ1n) is 15.3. The molecule has 5 rings (SSSR count). The highest BCUT2D eigenvalue weighted by molar-refractivity contribution is 6.05. The summed E-state index contributed by atoms with van der Waals surface area (Å²) >= 11 is 0. The monoisotopic (exact) mass is 604 g/mol. The quantitative estimate of drug-likeness (QED) is 0.392. The Bertz CT molecular complexity index is 1530. The third-order valence-corrected chi connectivity index (χ3v) is 7.82. The van der Waals surface area contributed by atoms with Gasteiger partial charge in [0.2, 0.25) is 0 Å². The van der Waals surface area contributed by atoms with E-state index in [9.17, 15) is 14.4 Å². The number of nitrogens with zero attached hydrogens (tertiary/aromatic N) is 5. The summed E-state index contributed by atoms with van der Waals surface area (Å²) in [5, 5.41) is 3.70. The van der Waals surface area contributed by atoms with Crippen molar-refractivity contribution in [2.45, 2.75) is 71.6 Å². The zero-order chi connectivity index (χ0) is 31.8. The van der Waals surface area contributed by atoms with E-state index >= 15 is 0 Å². The molecule has 1 atom stereocenters. The summed E-state index contributed by atoms with van der Waals surface area (Å²) in [4.78, 5) is 49.7. The molecule has 11 heteroatoms. The Hall–Kier alpha value is -4.12. The fraction of sp³-hybridized carbons (Fsp3) is 0.515. The van der Waals surface area contributed by atoms with Gasteiger partial charge in [-0.25, -0.2) is 19.1 Å². The zero-order valence-electron chi connectivity index (χ0n) is 26.8. The van der Waals surface area contributed by atoms with Gasteiger partial charge in [-0.3, -0.25) is 9.69 Å². The van der Waals surface area contributed by atoms with E-state index in [1.54, 1.807) is 33.9 Å². The number of hydrogen-bond acceptors (Lipinski definition) is 8. The van der Waals surface area contributed by atoms with Gasteiger partial charge in [0.15, 0.2) is 0 Å². The van der Waals surface area contributed by atoms with Crippen LogP contribution in [0.4, 0.5) is 21.1 Å². The molecule has 4 heterocycles. The van der Waals surface area contributed by atoms with Gasteiger partial charge in [-0.05, 0) is 98.3 Å². The SMILES string of the molecule is CN1CCC[C@@H]1c1cc2cnc(NC(=O)c3ccc(N4CCN(C(=O)OC(C)(C)C)CC4)cc3)cc2n1C(=O)OC(C)(C)C. The second kappa shape index (κ2) is 12.1. The zero-order valence-corrected chi connectivity index (χ0v) is 26.8. The van der Waals surface area contributed by atoms with Crippen LogP contribution in [0.3, 0.4) is 0 Å². The minimum absolute atomic E-state index is 0.0896. The fourth-order valence-electron chi connectivity index (χ4n) is 5.72. The van der Waals surface area contributed by atoms with E-state index < -0.39 is 17.3 Å². The van der Waals surface area contributed by atoms with Crippen LogP contribution in [0, 0.1) is 0 Å². The van der Waals surface area contributed by atoms with Crippen LogP contribution in [0.5, 0.6) is 0 Å². The number of likely N-dealkylation sites (tertiary alicyclic amines) is 1. The molecule has 236 valence electrons. The van der Waals surface area contributed by atoms with E-state index in [2.05, 4.69) is 27.1 Å². The highest BCUT2D eigenvalue weighted by Crippen LogP contribution is 2.35. The van der Waals surface area contributed by atoms with Crippen LogP contribution in [-0.2, 0) is 9.47 Å². The Balaban J connectivity index is 1.29. The van der Waals surface area contributed by atoms with E-state index in [1.165, 1.54) is 0 Å². The molecule has 0 unspecified atom stereocenters. The van der Waals surface area contributed by atoms with E-state index in [0.29, 0.717) is 43.1 Å². The Morgan fingerprint density at radius 3 is 2.09 bits per heavy atom. The van der Waals surface area contributed by atoms with E-state index in [0.717, 1.165) is 36.2 Å². The topological polar surface area (TPSA) is 109 Å². The molecule has 2 aliphatic rings. The van der Waals surface area contributed by atoms with Crippen molar-refractivity contribution < 1.29 is 23.9 Å². The lowest BCUT2D eigenvalue weighted by molar-refractivity contribution is 0.0240. The molecule has 1 N–H and O–H groups in total. The molecule has 11 nitrogen and oxygen atoms in total. The molecular weight excluding hydrogens is 560 g/mol. The highest BCUT2D eigenvalue weighted by atomic mass is 16.6. The number of nitrogens with one attached hydrogen (secondary N) is 1. The summed E-state index contributed by atoms with van der Waals surface area (Å²) in [6, 6.07) is 11.2. The lowest BCUT2D eigenvalue weighted by Gasteiger charge is -2.36. The van der Waals surface area contributed by atoms with Crippen LogP contribution in [0.2, 0.25) is 0 Å². The lowest BCUT2D eigenvalue weighted by Crippen LogP contribution is -2.50. The van der Waals surface area contributed by atoms with Gasteiger partial charge in [0.05, 0.1) is 11.6 Å². The number of hydrogen-bond donors (Lipinski definition) is 1. The molecule has 0 aliphatic carbocycles. The number of pyridine rings is 1. The third-order valence-electron chi connectivity index (χ3n) is 7.82. The molecule has 3 aromatic rings. The van der Waals surface area contributed by atoms with E-state index in [-0.39, 0.29) is 18.0 Å². The average molecular weight is 605 g/mol. The fourth-order valence-corrected chi connectivity index (χ4v) is 5.72. The van der Waals surface area contributed by atoms with Gasteiger partial charge in [-0.15, -0.1) is 0 Å². The van der Waals surface area contributed by atoms with Gasteiger partial charge in [0.1, 0.15) is 17.0 Å². The van der Waals surface area contributed by atoms with Crippen molar-refractivity contribution in [3.8, 4) is 0 Å². The minimum atomic E-state index is -0.658. The Morgan fingerprint density at radius 2 is 1.50 bits per heavy atom. The Kier molecular flexibility index (Phi) is 8.62. The second-order valence-corrected chi connectivity index (χ2v) is 13.6. The standard InChI is InChI=1S/C33H44N6O5/c1-32(2,3)43-30(41)38-17-15-37(16-18-38)24-12-10-22(11-13-24)29(40)35-28-20-26-23(21-34-28)19-27(25-9-8-14-36(25)7)39(26)31(42)44-33(4,5)6/h10-13,19-21,25H,8-9,14-18H2,1-7H3,(H,34,35,40)/t25-/m1/s1. The molecular formula is C33H44N6O5. The number of carbonyl (C=O) groups excluding carboxylic acids is 3. The number of amides is 2. The molecule has 0 spiro atoms. The number of ether oxygens (including phenoxy) is 2. The summed E-state index contributed by atoms with van der Waals surface area (Å²) in [5.41, 5.74) is 1.78. The summed E-state index contributed by atoms with van der Waals surface area (Å²) in [6.07, 6.45) is 2.94. The average Bonchev–Trinajstić information content (AvgIpc) is 3.54. The van der Waals surface area contributed by atoms with Gasteiger partial charge in [0.25, 0.3) is 5.91 Å². The van der Waals surface area contributed by atoms with E-state index in [4.69, 9.17) is 9.47 Å². The maximum Gasteiger partial charge on any atom is 0.419 e. The molecule has 1 aromatic carbocycles. The first kappa shape index (κ1) is 31.3. The molecule has 2 fully saturated rings. The highest BCUT2D eigenvalue weighted by Gasteiger charge is 2.31. The number of rotatable bonds is 4. The number of aromatic nitrogens is 2. The van der Waals surface area contributed by atoms with Crippen molar-refractivity contribution in [1.82, 2.24) is 19.4 Å². The van der Waals surface area contributed by atoms with Gasteiger partial charge < -0.3 is 24.6 Å². The molecule has 44 heavy (non-hydrogen) atoms. The maximum absolute atomic E-state index is 13.4. The van der Waals surface area contributed by atoms with Crippen LogP contribution >= 0.6 is 0 Å². The Labute approximate surface area is 259 Å². The van der Waals surface area contributed by atoms with Crippen molar-refractivity contribution in [3.63, 3.8) is 0 Å². The number of carbonyl (C=O) groups is 3. The lowest BCUT2D eigenvalue weighted by atomic mass is 10.1. The molecule has 0 saturated carbocycles. The van der Waals surface area contributed by atoms with Crippen LogP contribution in [-0.4, -0.2) is 88.4 Å². The van der Waals surface area contributed by atoms with Gasteiger partial charge in [-0.1, -0.05) is 0 Å². The number of fused-ring (bicyclic) bond motifs is 1. The number of piperazine rings is 1. The van der Waals surface area contributed by atoms with Crippen molar-refractivity contribution >= 4 is 40.5 Å². The first-order chi connectivity index (χ1) is 20.7. The predicted molar refractivity (Wildman–Crippen MR) is 170 cm³/mol. The molecule has 2 aromatic heterocycles. The van der Waals surface area contributed by atoms with Crippen LogP contribution in [0.15, 0.2) is 42.6 Å². The molecule has 0 radical (unpaired) electrons. The summed E-state index contributed by atoms with van der Waals surface area (Å²) in [5.74, 6) is 0.0448. The van der Waals surface area contributed by atoms with Crippen LogP contribution < -0.4 is 10.2 Å². The van der Waals surface area contributed by atoms with Crippen molar-refractivity contribution in [2.24, 2.45) is 0 Å². The third kappa shape index (κ3) is 7.15. The van der Waals surface area contributed by atoms with Crippen molar-refractivity contribution in [2.75, 3.05) is 50.0 Å².